The molecule has 0 bridgehead atoms. The Morgan fingerprint density at radius 1 is 1.31 bits per heavy atom. The fourth-order valence-electron chi connectivity index (χ4n) is 2.00. The summed E-state index contributed by atoms with van der Waals surface area (Å²) < 4.78 is 18.9. The van der Waals surface area contributed by atoms with Crippen LogP contribution in [-0.2, 0) is 13.0 Å². The highest BCUT2D eigenvalue weighted by molar-refractivity contribution is 5.64. The first-order chi connectivity index (χ1) is 7.86. The maximum Gasteiger partial charge on any atom is 0.143 e. The first kappa shape index (κ1) is 9.54. The molecule has 0 fully saturated rings. The molecule has 0 atom stereocenters. The number of hydrogen-bond donors (Lipinski definition) is 1. The van der Waals surface area contributed by atoms with Crippen LogP contribution in [0.15, 0.2) is 28.8 Å². The van der Waals surface area contributed by atoms with Gasteiger partial charge in [0.05, 0.1) is 0 Å². The number of hydrogen-bond acceptors (Lipinski definition) is 3. The van der Waals surface area contributed by atoms with E-state index in [1.165, 1.54) is 6.07 Å². The zero-order valence-electron chi connectivity index (χ0n) is 8.66. The van der Waals surface area contributed by atoms with Crippen LogP contribution in [0.1, 0.15) is 11.3 Å². The Balaban J connectivity index is 2.13. The summed E-state index contributed by atoms with van der Waals surface area (Å²) in [5.41, 5.74) is 2.12. The lowest BCUT2D eigenvalue weighted by Gasteiger charge is -2.11. The summed E-state index contributed by atoms with van der Waals surface area (Å²) >= 11 is 0. The third-order valence-electron chi connectivity index (χ3n) is 2.83. The molecule has 16 heavy (non-hydrogen) atoms. The van der Waals surface area contributed by atoms with Crippen LogP contribution >= 0.6 is 0 Å². The fourth-order valence-corrected chi connectivity index (χ4v) is 2.00. The van der Waals surface area contributed by atoms with Crippen molar-refractivity contribution in [2.75, 3.05) is 6.54 Å². The predicted octanol–water partition coefficient (Wildman–Crippen LogP) is 2.13. The zero-order valence-corrected chi connectivity index (χ0v) is 8.66. The normalized spacial score (nSPS) is 14.8. The zero-order chi connectivity index (χ0) is 11.0. The van der Waals surface area contributed by atoms with Crippen LogP contribution in [0.2, 0.25) is 0 Å². The summed E-state index contributed by atoms with van der Waals surface area (Å²) in [6.07, 6.45) is 0.816. The van der Waals surface area contributed by atoms with Crippen LogP contribution in [-0.4, -0.2) is 11.7 Å². The van der Waals surface area contributed by atoms with Crippen molar-refractivity contribution >= 4 is 0 Å². The second-order valence-electron chi connectivity index (χ2n) is 3.84. The molecule has 0 unspecified atom stereocenters. The molecule has 0 saturated carbocycles. The summed E-state index contributed by atoms with van der Waals surface area (Å²) in [6, 6.07) is 6.63. The summed E-state index contributed by atoms with van der Waals surface area (Å²) in [5.74, 6) is 0.612. The van der Waals surface area contributed by atoms with Crippen LogP contribution in [0.5, 0.6) is 0 Å². The molecule has 3 rings (SSSR count). The molecule has 1 N–H and O–H groups in total. The number of benzene rings is 1. The van der Waals surface area contributed by atoms with E-state index < -0.39 is 0 Å². The third-order valence-corrected chi connectivity index (χ3v) is 2.83. The van der Waals surface area contributed by atoms with Gasteiger partial charge in [0.2, 0.25) is 0 Å². The van der Waals surface area contributed by atoms with Gasteiger partial charge in [-0.2, -0.15) is 0 Å². The number of halogens is 1. The van der Waals surface area contributed by atoms with E-state index in [9.17, 15) is 4.39 Å². The van der Waals surface area contributed by atoms with Gasteiger partial charge in [0.1, 0.15) is 17.3 Å². The quantitative estimate of drug-likeness (QED) is 0.796. The van der Waals surface area contributed by atoms with Gasteiger partial charge in [-0.25, -0.2) is 4.39 Å². The predicted molar refractivity (Wildman–Crippen MR) is 57.3 cm³/mol. The molecular formula is C12H11FN2O. The van der Waals surface area contributed by atoms with Gasteiger partial charge in [-0.05, 0) is 12.1 Å². The highest BCUT2D eigenvalue weighted by Gasteiger charge is 2.21. The molecule has 1 aromatic carbocycles. The van der Waals surface area contributed by atoms with E-state index in [0.717, 1.165) is 24.3 Å². The minimum Gasteiger partial charge on any atom is -0.360 e. The molecule has 0 spiro atoms. The van der Waals surface area contributed by atoms with Crippen LogP contribution in [0.4, 0.5) is 4.39 Å². The van der Waals surface area contributed by atoms with Crippen molar-refractivity contribution in [3.8, 4) is 11.3 Å². The third kappa shape index (κ3) is 1.42. The van der Waals surface area contributed by atoms with E-state index >= 15 is 0 Å². The first-order valence-corrected chi connectivity index (χ1v) is 5.29. The largest absolute Gasteiger partial charge is 0.360 e. The van der Waals surface area contributed by atoms with Gasteiger partial charge in [0, 0.05) is 30.6 Å². The van der Waals surface area contributed by atoms with Gasteiger partial charge in [-0.1, -0.05) is 17.3 Å². The Kier molecular flexibility index (Phi) is 2.22. The van der Waals surface area contributed by atoms with Gasteiger partial charge < -0.3 is 9.84 Å². The molecule has 82 valence electrons. The van der Waals surface area contributed by atoms with Crippen molar-refractivity contribution in [1.29, 1.82) is 0 Å². The highest BCUT2D eigenvalue weighted by atomic mass is 19.1. The van der Waals surface area contributed by atoms with Gasteiger partial charge in [-0.15, -0.1) is 0 Å². The monoisotopic (exact) mass is 218 g/mol. The maximum atomic E-state index is 13.6. The fraction of sp³-hybridized carbons (Fsp3) is 0.250. The number of nitrogens with zero attached hydrogens (tertiary/aromatic N) is 1. The second-order valence-corrected chi connectivity index (χ2v) is 3.84. The summed E-state index contributed by atoms with van der Waals surface area (Å²) in [7, 11) is 0. The standard InChI is InChI=1S/C12H11FN2O/c13-10-4-2-1-3-8(10)12-9-7-14-6-5-11(9)16-15-12/h1-4,14H,5-7H2. The smallest absolute Gasteiger partial charge is 0.143 e. The van der Waals surface area contributed by atoms with Crippen molar-refractivity contribution < 1.29 is 8.91 Å². The molecule has 0 aliphatic carbocycles. The summed E-state index contributed by atoms with van der Waals surface area (Å²) in [5, 5.41) is 7.21. The first-order valence-electron chi connectivity index (χ1n) is 5.29. The van der Waals surface area contributed by atoms with Gasteiger partial charge >= 0.3 is 0 Å². The highest BCUT2D eigenvalue weighted by Crippen LogP contribution is 2.28. The molecule has 1 aliphatic heterocycles. The molecule has 2 heterocycles. The Hall–Kier alpha value is -1.68. The van der Waals surface area contributed by atoms with E-state index in [1.54, 1.807) is 18.2 Å². The Morgan fingerprint density at radius 2 is 2.19 bits per heavy atom. The van der Waals surface area contributed by atoms with E-state index in [0.29, 0.717) is 17.8 Å². The van der Waals surface area contributed by atoms with Gasteiger partial charge in [-0.3, -0.25) is 0 Å². The van der Waals surface area contributed by atoms with Crippen LogP contribution < -0.4 is 5.32 Å². The number of rotatable bonds is 1. The van der Waals surface area contributed by atoms with E-state index in [1.807, 2.05) is 0 Å². The molecule has 4 heteroatoms. The molecule has 3 nitrogen and oxygen atoms in total. The van der Waals surface area contributed by atoms with Crippen LogP contribution in [0.25, 0.3) is 11.3 Å². The van der Waals surface area contributed by atoms with Crippen LogP contribution in [0, 0.1) is 5.82 Å². The molecular weight excluding hydrogens is 207 g/mol. The maximum absolute atomic E-state index is 13.6. The molecule has 2 aromatic rings. The lowest BCUT2D eigenvalue weighted by Crippen LogP contribution is -2.22. The topological polar surface area (TPSA) is 38.1 Å². The Labute approximate surface area is 92.3 Å². The minimum absolute atomic E-state index is 0.260. The number of fused-ring (bicyclic) bond motifs is 1. The second kappa shape index (κ2) is 3.72. The number of aromatic nitrogens is 1. The minimum atomic E-state index is -0.260. The summed E-state index contributed by atoms with van der Waals surface area (Å²) in [6.45, 7) is 1.58. The van der Waals surface area contributed by atoms with Gasteiger partial charge in [0.15, 0.2) is 0 Å². The van der Waals surface area contributed by atoms with E-state index in [4.69, 9.17) is 4.52 Å². The average Bonchev–Trinajstić information content (AvgIpc) is 2.74. The Morgan fingerprint density at radius 3 is 3.06 bits per heavy atom. The van der Waals surface area contributed by atoms with Crippen molar-refractivity contribution in [2.24, 2.45) is 0 Å². The lowest BCUT2D eigenvalue weighted by atomic mass is 10.0. The van der Waals surface area contributed by atoms with Crippen molar-refractivity contribution in [3.63, 3.8) is 0 Å². The van der Waals surface area contributed by atoms with E-state index in [-0.39, 0.29) is 5.82 Å². The SMILES string of the molecule is Fc1ccccc1-c1noc2c1CNCC2. The molecule has 1 aliphatic rings. The van der Waals surface area contributed by atoms with Crippen molar-refractivity contribution in [1.82, 2.24) is 10.5 Å². The molecule has 1 aromatic heterocycles. The average molecular weight is 218 g/mol. The molecule has 0 radical (unpaired) electrons. The lowest BCUT2D eigenvalue weighted by molar-refractivity contribution is 0.373. The van der Waals surface area contributed by atoms with Crippen LogP contribution in [0.3, 0.4) is 0 Å². The molecule has 0 amide bonds. The van der Waals surface area contributed by atoms with Gasteiger partial charge in [0.25, 0.3) is 0 Å². The molecule has 0 saturated heterocycles. The van der Waals surface area contributed by atoms with E-state index in [2.05, 4.69) is 10.5 Å². The number of nitrogens with one attached hydrogen (secondary N) is 1. The summed E-state index contributed by atoms with van der Waals surface area (Å²) in [4.78, 5) is 0. The van der Waals surface area contributed by atoms with Crippen molar-refractivity contribution in [2.45, 2.75) is 13.0 Å². The van der Waals surface area contributed by atoms with Crippen molar-refractivity contribution in [3.05, 3.63) is 41.4 Å². The Bertz CT molecular complexity index is 521.